The van der Waals surface area contributed by atoms with Crippen LogP contribution in [-0.4, -0.2) is 80.9 Å². The zero-order valence-corrected chi connectivity index (χ0v) is 18.7. The number of piperazine rings is 1. The molecule has 1 saturated carbocycles. The summed E-state index contributed by atoms with van der Waals surface area (Å²) in [5.74, 6) is -1.09. The predicted molar refractivity (Wildman–Crippen MR) is 118 cm³/mol. The second-order valence-electron chi connectivity index (χ2n) is 9.77. The Labute approximate surface area is 192 Å². The minimum atomic E-state index is -0.941. The number of carboxylic acids is 1. The molecule has 2 aliphatic carbocycles. The number of hydrogen-bond acceptors (Lipinski definition) is 6. The number of aromatic carboxylic acids is 1. The van der Waals surface area contributed by atoms with Crippen molar-refractivity contribution in [2.75, 3.05) is 13.1 Å². The minimum Gasteiger partial charge on any atom is -0.478 e. The number of nitrogens with two attached hydrogens (primary N) is 1. The summed E-state index contributed by atoms with van der Waals surface area (Å²) in [6.07, 6.45) is 4.10. The molecule has 9 nitrogen and oxygen atoms in total. The summed E-state index contributed by atoms with van der Waals surface area (Å²) in [4.78, 5) is 43.2. The summed E-state index contributed by atoms with van der Waals surface area (Å²) in [6, 6.07) is 5.94. The monoisotopic (exact) mass is 451 g/mol. The maximum Gasteiger partial charge on any atom is 0.335 e. The molecule has 174 valence electrons. The van der Waals surface area contributed by atoms with Crippen molar-refractivity contribution in [1.29, 1.82) is 5.26 Å². The molecule has 2 saturated heterocycles. The van der Waals surface area contributed by atoms with E-state index in [0.29, 0.717) is 13.1 Å². The number of nitrogens with zero attached hydrogens (tertiary/aromatic N) is 4. The number of carbonyl (C=O) groups excluding carboxylic acids is 2. The van der Waals surface area contributed by atoms with Gasteiger partial charge in [-0.1, -0.05) is 6.07 Å². The van der Waals surface area contributed by atoms with Crippen LogP contribution in [0.1, 0.15) is 60.1 Å². The zero-order valence-electron chi connectivity index (χ0n) is 18.7. The lowest BCUT2D eigenvalue weighted by Gasteiger charge is -2.39. The highest BCUT2D eigenvalue weighted by Gasteiger charge is 2.53. The van der Waals surface area contributed by atoms with Crippen LogP contribution < -0.4 is 5.73 Å². The summed E-state index contributed by atoms with van der Waals surface area (Å²) in [6.45, 7) is 2.71. The number of amides is 2. The van der Waals surface area contributed by atoms with Gasteiger partial charge in [0.2, 0.25) is 11.8 Å². The molecule has 9 heteroatoms. The fraction of sp³-hybridized carbons (Fsp3) is 0.583. The molecule has 5 rings (SSSR count). The molecule has 2 bridgehead atoms. The molecule has 0 radical (unpaired) electrons. The number of carboxylic acid groups (broad SMARTS) is 1. The first-order valence-electron chi connectivity index (χ1n) is 11.7. The van der Waals surface area contributed by atoms with E-state index in [1.165, 1.54) is 0 Å². The summed E-state index contributed by atoms with van der Waals surface area (Å²) in [7, 11) is 0. The van der Waals surface area contributed by atoms with Gasteiger partial charge < -0.3 is 20.6 Å². The molecule has 1 aromatic rings. The van der Waals surface area contributed by atoms with Gasteiger partial charge in [0, 0.05) is 25.2 Å². The van der Waals surface area contributed by atoms with E-state index in [1.54, 1.807) is 24.0 Å². The van der Waals surface area contributed by atoms with Gasteiger partial charge in [-0.3, -0.25) is 14.5 Å². The SMILES string of the molecule is CC(C#N)N(C(=O)C(N)CN1CC2C[C@H]1C(=O)N2[C@H]1CCc2cc(C(=O)O)ccc21)C1CC1. The summed E-state index contributed by atoms with van der Waals surface area (Å²) >= 11 is 0. The number of nitriles is 1. The fourth-order valence-electron chi connectivity index (χ4n) is 5.94. The van der Waals surface area contributed by atoms with Gasteiger partial charge in [-0.05, 0) is 62.3 Å². The van der Waals surface area contributed by atoms with Gasteiger partial charge in [0.05, 0.1) is 29.8 Å². The van der Waals surface area contributed by atoms with Crippen molar-refractivity contribution in [3.63, 3.8) is 0 Å². The van der Waals surface area contributed by atoms with Crippen molar-refractivity contribution in [2.24, 2.45) is 5.73 Å². The molecule has 3 unspecified atom stereocenters. The Morgan fingerprint density at radius 1 is 1.30 bits per heavy atom. The predicted octanol–water partition coefficient (Wildman–Crippen LogP) is 0.888. The van der Waals surface area contributed by atoms with Gasteiger partial charge in [0.15, 0.2) is 0 Å². The molecule has 5 atom stereocenters. The molecule has 2 aliphatic heterocycles. The number of fused-ring (bicyclic) bond motifs is 3. The summed E-state index contributed by atoms with van der Waals surface area (Å²) in [5.41, 5.74) is 8.61. The Morgan fingerprint density at radius 2 is 2.06 bits per heavy atom. The Kier molecular flexibility index (Phi) is 5.38. The van der Waals surface area contributed by atoms with Gasteiger partial charge in [0.1, 0.15) is 6.04 Å². The van der Waals surface area contributed by atoms with Crippen molar-refractivity contribution in [1.82, 2.24) is 14.7 Å². The maximum atomic E-state index is 13.3. The summed E-state index contributed by atoms with van der Waals surface area (Å²) < 4.78 is 0. The molecule has 3 fully saturated rings. The van der Waals surface area contributed by atoms with E-state index in [2.05, 4.69) is 6.07 Å². The smallest absolute Gasteiger partial charge is 0.335 e. The van der Waals surface area contributed by atoms with Crippen LogP contribution in [0.4, 0.5) is 0 Å². The maximum absolute atomic E-state index is 13.3. The molecule has 0 spiro atoms. The normalized spacial score (nSPS) is 27.8. The highest BCUT2D eigenvalue weighted by molar-refractivity contribution is 5.89. The van der Waals surface area contributed by atoms with Crippen LogP contribution in [-0.2, 0) is 16.0 Å². The molecule has 4 aliphatic rings. The number of aryl methyl sites for hydroxylation is 1. The lowest BCUT2D eigenvalue weighted by Crippen LogP contribution is -2.57. The van der Waals surface area contributed by atoms with Crippen LogP contribution in [0, 0.1) is 11.3 Å². The average molecular weight is 452 g/mol. The Balaban J connectivity index is 1.25. The van der Waals surface area contributed by atoms with Gasteiger partial charge in [-0.2, -0.15) is 5.26 Å². The van der Waals surface area contributed by atoms with Gasteiger partial charge in [-0.25, -0.2) is 4.79 Å². The first-order chi connectivity index (χ1) is 15.8. The molecule has 33 heavy (non-hydrogen) atoms. The lowest BCUT2D eigenvalue weighted by atomic mass is 10.0. The van der Waals surface area contributed by atoms with Crippen LogP contribution in [0.2, 0.25) is 0 Å². The Hall–Kier alpha value is -2.96. The van der Waals surface area contributed by atoms with E-state index in [9.17, 15) is 24.8 Å². The van der Waals surface area contributed by atoms with Gasteiger partial charge in [0.25, 0.3) is 0 Å². The quantitative estimate of drug-likeness (QED) is 0.629. The number of likely N-dealkylation sites (tertiary alicyclic amines) is 2. The molecule has 3 N–H and O–H groups in total. The largest absolute Gasteiger partial charge is 0.478 e. The lowest BCUT2D eigenvalue weighted by molar-refractivity contribution is -0.141. The third-order valence-electron chi connectivity index (χ3n) is 7.63. The number of carbonyl (C=O) groups is 3. The first kappa shape index (κ1) is 21.9. The molecular weight excluding hydrogens is 422 g/mol. The van der Waals surface area contributed by atoms with Crippen LogP contribution >= 0.6 is 0 Å². The highest BCUT2D eigenvalue weighted by atomic mass is 16.4. The number of rotatable bonds is 7. The minimum absolute atomic E-state index is 0.0235. The van der Waals surface area contributed by atoms with Crippen molar-refractivity contribution in [3.8, 4) is 6.07 Å². The van der Waals surface area contributed by atoms with E-state index in [4.69, 9.17) is 5.73 Å². The van der Waals surface area contributed by atoms with Crippen LogP contribution in [0.3, 0.4) is 0 Å². The molecule has 2 amide bonds. The fourth-order valence-corrected chi connectivity index (χ4v) is 5.94. The van der Waals surface area contributed by atoms with E-state index in [0.717, 1.165) is 43.2 Å². The molecule has 0 aromatic heterocycles. The number of hydrogen-bond donors (Lipinski definition) is 2. The molecular formula is C24H29N5O4. The van der Waals surface area contributed by atoms with Crippen LogP contribution in [0.5, 0.6) is 0 Å². The second kappa shape index (κ2) is 8.12. The van der Waals surface area contributed by atoms with Crippen molar-refractivity contribution < 1.29 is 19.5 Å². The molecule has 1 aromatic carbocycles. The third kappa shape index (κ3) is 3.67. The van der Waals surface area contributed by atoms with Crippen LogP contribution in [0.15, 0.2) is 18.2 Å². The van der Waals surface area contributed by atoms with Crippen molar-refractivity contribution in [3.05, 3.63) is 34.9 Å². The second-order valence-corrected chi connectivity index (χ2v) is 9.77. The topological polar surface area (TPSA) is 131 Å². The van der Waals surface area contributed by atoms with Gasteiger partial charge >= 0.3 is 5.97 Å². The average Bonchev–Trinajstić information content (AvgIpc) is 3.28. The van der Waals surface area contributed by atoms with E-state index >= 15 is 0 Å². The van der Waals surface area contributed by atoms with Crippen molar-refractivity contribution >= 4 is 17.8 Å². The van der Waals surface area contributed by atoms with E-state index in [1.807, 2.05) is 15.9 Å². The zero-order chi connectivity index (χ0) is 23.4. The standard InChI is InChI=1S/C24H29N5O4/c1-13(10-25)28(16-4-5-16)22(30)19(26)12-27-11-17-9-21(27)23(31)29(17)20-7-3-14-8-15(24(32)33)2-6-18(14)20/h2,6,8,13,16-17,19-21H,3-5,7,9,11-12,26H2,1H3,(H,32,33)/t13?,17?,19?,20-,21-/m0/s1. The van der Waals surface area contributed by atoms with E-state index in [-0.39, 0.29) is 41.5 Å². The number of benzene rings is 1. The third-order valence-corrected chi connectivity index (χ3v) is 7.63. The van der Waals surface area contributed by atoms with Crippen LogP contribution in [0.25, 0.3) is 0 Å². The molecule has 2 heterocycles. The van der Waals surface area contributed by atoms with Crippen molar-refractivity contribution in [2.45, 2.75) is 75.3 Å². The Morgan fingerprint density at radius 3 is 2.70 bits per heavy atom. The van der Waals surface area contributed by atoms with Gasteiger partial charge in [-0.15, -0.1) is 0 Å². The summed E-state index contributed by atoms with van der Waals surface area (Å²) in [5, 5.41) is 18.5. The first-order valence-corrected chi connectivity index (χ1v) is 11.7. The van der Waals surface area contributed by atoms with E-state index < -0.39 is 18.1 Å². The highest BCUT2D eigenvalue weighted by Crippen LogP contribution is 2.44. The Bertz CT molecular complexity index is 1050.